The van der Waals surface area contributed by atoms with Gasteiger partial charge in [-0.15, -0.1) is 0 Å². The molecule has 1 N–H and O–H groups in total. The molecule has 0 unspecified atom stereocenters. The minimum absolute atomic E-state index is 0.0452. The van der Waals surface area contributed by atoms with Crippen LogP contribution in [0, 0.1) is 0 Å². The minimum atomic E-state index is -3.65. The van der Waals surface area contributed by atoms with Crippen molar-refractivity contribution in [1.29, 1.82) is 0 Å². The van der Waals surface area contributed by atoms with E-state index in [2.05, 4.69) is 5.32 Å². The molecule has 8 nitrogen and oxygen atoms in total. The number of methoxy groups -OCH3 is 2. The highest BCUT2D eigenvalue weighted by Gasteiger charge is 2.19. The lowest BCUT2D eigenvalue weighted by molar-refractivity contribution is -0.111. The van der Waals surface area contributed by atoms with E-state index in [4.69, 9.17) is 14.2 Å². The topological polar surface area (TPSA) is 94.2 Å². The Labute approximate surface area is 177 Å². The van der Waals surface area contributed by atoms with Gasteiger partial charge in [-0.05, 0) is 48.9 Å². The summed E-state index contributed by atoms with van der Waals surface area (Å²) in [5.74, 6) is 1.07. The summed E-state index contributed by atoms with van der Waals surface area (Å²) in [6.45, 7) is 2.39. The highest BCUT2D eigenvalue weighted by Crippen LogP contribution is 2.30. The fourth-order valence-electron chi connectivity index (χ4n) is 2.56. The van der Waals surface area contributed by atoms with E-state index >= 15 is 0 Å². The van der Waals surface area contributed by atoms with Gasteiger partial charge in [-0.25, -0.2) is 12.7 Å². The largest absolute Gasteiger partial charge is 0.495 e. The Morgan fingerprint density at radius 2 is 1.70 bits per heavy atom. The van der Waals surface area contributed by atoms with Gasteiger partial charge in [0.25, 0.3) is 0 Å². The maximum atomic E-state index is 12.4. The number of rotatable bonds is 9. The van der Waals surface area contributed by atoms with Crippen LogP contribution in [0.5, 0.6) is 17.2 Å². The van der Waals surface area contributed by atoms with Gasteiger partial charge in [0, 0.05) is 20.2 Å². The molecule has 162 valence electrons. The van der Waals surface area contributed by atoms with Crippen molar-refractivity contribution >= 4 is 27.7 Å². The second-order valence-corrected chi connectivity index (χ2v) is 8.47. The lowest BCUT2D eigenvalue weighted by Gasteiger charge is -2.14. The number of hydrogen-bond acceptors (Lipinski definition) is 6. The Morgan fingerprint density at radius 3 is 2.30 bits per heavy atom. The van der Waals surface area contributed by atoms with Crippen molar-refractivity contribution in [2.24, 2.45) is 0 Å². The third-order valence-corrected chi connectivity index (χ3v) is 5.93. The van der Waals surface area contributed by atoms with E-state index in [1.165, 1.54) is 45.5 Å². The number of hydrogen-bond donors (Lipinski definition) is 1. The van der Waals surface area contributed by atoms with Crippen LogP contribution in [0.3, 0.4) is 0 Å². The summed E-state index contributed by atoms with van der Waals surface area (Å²) in [5.41, 5.74) is 0.987. The third kappa shape index (κ3) is 5.52. The van der Waals surface area contributed by atoms with E-state index in [0.29, 0.717) is 23.9 Å². The molecule has 0 aliphatic heterocycles. The Kier molecular flexibility index (Phi) is 7.85. The molecule has 0 bridgehead atoms. The molecule has 2 aromatic rings. The standard InChI is InChI=1S/C21H26N2O6S/c1-6-29-19-10-7-15(13-20(19)28-5)8-12-21(24)22-17-14-16(9-11-18(17)27-4)30(25,26)23(2)3/h7-14H,6H2,1-5H3,(H,22,24)/b12-8+. The molecule has 0 aromatic heterocycles. The first-order chi connectivity index (χ1) is 14.2. The SMILES string of the molecule is CCOc1ccc(/C=C/C(=O)Nc2cc(S(=O)(=O)N(C)C)ccc2OC)cc1OC. The van der Waals surface area contributed by atoms with Crippen LogP contribution in [0.25, 0.3) is 6.08 Å². The van der Waals surface area contributed by atoms with E-state index < -0.39 is 15.9 Å². The van der Waals surface area contributed by atoms with Gasteiger partial charge in [-0.1, -0.05) is 6.07 Å². The Hall–Kier alpha value is -3.04. The Balaban J connectivity index is 2.23. The van der Waals surface area contributed by atoms with Crippen molar-refractivity contribution in [3.8, 4) is 17.2 Å². The fraction of sp³-hybridized carbons (Fsp3) is 0.286. The van der Waals surface area contributed by atoms with Crippen LogP contribution in [-0.2, 0) is 14.8 Å². The van der Waals surface area contributed by atoms with Crippen molar-refractivity contribution in [2.45, 2.75) is 11.8 Å². The van der Waals surface area contributed by atoms with Crippen molar-refractivity contribution in [2.75, 3.05) is 40.2 Å². The van der Waals surface area contributed by atoms with Crippen LogP contribution in [0.15, 0.2) is 47.4 Å². The average Bonchev–Trinajstić information content (AvgIpc) is 2.72. The molecule has 0 spiro atoms. The molecule has 0 atom stereocenters. The van der Waals surface area contributed by atoms with Gasteiger partial charge in [-0.2, -0.15) is 0 Å². The lowest BCUT2D eigenvalue weighted by atomic mass is 10.2. The smallest absolute Gasteiger partial charge is 0.248 e. The molecular formula is C21H26N2O6S. The van der Waals surface area contributed by atoms with Crippen LogP contribution in [-0.4, -0.2) is 53.6 Å². The number of anilines is 1. The number of carbonyl (C=O) groups is 1. The van der Waals surface area contributed by atoms with E-state index in [9.17, 15) is 13.2 Å². The number of amides is 1. The number of carbonyl (C=O) groups excluding carboxylic acids is 1. The molecule has 0 aliphatic carbocycles. The molecule has 0 saturated carbocycles. The molecule has 2 rings (SSSR count). The Morgan fingerprint density at radius 1 is 1.03 bits per heavy atom. The van der Waals surface area contributed by atoms with Crippen LogP contribution in [0.4, 0.5) is 5.69 Å². The first-order valence-electron chi connectivity index (χ1n) is 9.13. The summed E-state index contributed by atoms with van der Waals surface area (Å²) in [6.07, 6.45) is 2.95. The van der Waals surface area contributed by atoms with Crippen LogP contribution in [0.1, 0.15) is 12.5 Å². The van der Waals surface area contributed by atoms with Gasteiger partial charge in [0.05, 0.1) is 31.4 Å². The molecule has 30 heavy (non-hydrogen) atoms. The summed E-state index contributed by atoms with van der Waals surface area (Å²) in [7, 11) is 2.20. The fourth-order valence-corrected chi connectivity index (χ4v) is 3.49. The second kappa shape index (κ2) is 10.1. The predicted octanol–water partition coefficient (Wildman–Crippen LogP) is 3.00. The second-order valence-electron chi connectivity index (χ2n) is 6.32. The van der Waals surface area contributed by atoms with Crippen molar-refractivity contribution in [3.63, 3.8) is 0 Å². The maximum absolute atomic E-state index is 12.4. The zero-order valence-corrected chi connectivity index (χ0v) is 18.4. The van der Waals surface area contributed by atoms with Gasteiger partial charge in [0.2, 0.25) is 15.9 Å². The summed E-state index contributed by atoms with van der Waals surface area (Å²) in [4.78, 5) is 12.4. The van der Waals surface area contributed by atoms with Crippen LogP contribution < -0.4 is 19.5 Å². The first kappa shape index (κ1) is 23.2. The van der Waals surface area contributed by atoms with Crippen LogP contribution >= 0.6 is 0 Å². The van der Waals surface area contributed by atoms with Crippen molar-refractivity contribution < 1.29 is 27.4 Å². The van der Waals surface area contributed by atoms with Crippen molar-refractivity contribution in [3.05, 3.63) is 48.0 Å². The van der Waals surface area contributed by atoms with E-state index in [1.807, 2.05) is 6.92 Å². The summed E-state index contributed by atoms with van der Waals surface area (Å²) in [5, 5.41) is 2.65. The summed E-state index contributed by atoms with van der Waals surface area (Å²) in [6, 6.07) is 9.58. The zero-order chi connectivity index (χ0) is 22.3. The molecular weight excluding hydrogens is 408 g/mol. The van der Waals surface area contributed by atoms with E-state index in [-0.39, 0.29) is 10.6 Å². The molecule has 2 aromatic carbocycles. The molecule has 0 saturated heterocycles. The molecule has 9 heteroatoms. The van der Waals surface area contributed by atoms with Crippen LogP contribution in [0.2, 0.25) is 0 Å². The van der Waals surface area contributed by atoms with E-state index in [1.54, 1.807) is 31.4 Å². The van der Waals surface area contributed by atoms with Gasteiger partial charge in [0.1, 0.15) is 5.75 Å². The quantitative estimate of drug-likeness (QED) is 0.610. The molecule has 0 heterocycles. The number of nitrogens with one attached hydrogen (secondary N) is 1. The number of sulfonamides is 1. The maximum Gasteiger partial charge on any atom is 0.248 e. The minimum Gasteiger partial charge on any atom is -0.495 e. The lowest BCUT2D eigenvalue weighted by Crippen LogP contribution is -2.22. The van der Waals surface area contributed by atoms with Gasteiger partial charge < -0.3 is 19.5 Å². The predicted molar refractivity (Wildman–Crippen MR) is 116 cm³/mol. The highest BCUT2D eigenvalue weighted by molar-refractivity contribution is 7.89. The third-order valence-electron chi connectivity index (χ3n) is 4.12. The molecule has 1 amide bonds. The summed E-state index contributed by atoms with van der Waals surface area (Å²) >= 11 is 0. The zero-order valence-electron chi connectivity index (χ0n) is 17.6. The normalized spacial score (nSPS) is 11.5. The monoisotopic (exact) mass is 434 g/mol. The Bertz CT molecular complexity index is 1030. The number of benzene rings is 2. The summed E-state index contributed by atoms with van der Waals surface area (Å²) < 4.78 is 41.8. The average molecular weight is 435 g/mol. The highest BCUT2D eigenvalue weighted by atomic mass is 32.2. The number of ether oxygens (including phenoxy) is 3. The molecule has 0 radical (unpaired) electrons. The van der Waals surface area contributed by atoms with Gasteiger partial charge >= 0.3 is 0 Å². The molecule has 0 fully saturated rings. The van der Waals surface area contributed by atoms with Gasteiger partial charge in [0.15, 0.2) is 11.5 Å². The van der Waals surface area contributed by atoms with E-state index in [0.717, 1.165) is 9.87 Å². The molecule has 0 aliphatic rings. The number of nitrogens with zero attached hydrogens (tertiary/aromatic N) is 1. The van der Waals surface area contributed by atoms with Gasteiger partial charge in [-0.3, -0.25) is 4.79 Å². The van der Waals surface area contributed by atoms with Crippen molar-refractivity contribution in [1.82, 2.24) is 4.31 Å². The first-order valence-corrected chi connectivity index (χ1v) is 10.6.